The number of nitrogens with zero attached hydrogens (tertiary/aromatic N) is 1. The van der Waals surface area contributed by atoms with E-state index >= 15 is 0 Å². The number of benzene rings is 2. The molecular weight excluding hydrogens is 478 g/mol. The van der Waals surface area contributed by atoms with Crippen molar-refractivity contribution in [3.63, 3.8) is 0 Å². The SMILES string of the molecule is C=c1s/c(=C/c2cccs2)c(=O)n1C(C(C(=O)OCC)=C(C)C)c1ccc(OC)c2ccccc12. The maximum absolute atomic E-state index is 13.8. The van der Waals surface area contributed by atoms with Crippen LogP contribution in [0.5, 0.6) is 5.75 Å². The van der Waals surface area contributed by atoms with Crippen molar-refractivity contribution in [3.05, 3.63) is 95.0 Å². The number of hydrogen-bond donors (Lipinski definition) is 0. The summed E-state index contributed by atoms with van der Waals surface area (Å²) in [6.45, 7) is 9.94. The van der Waals surface area contributed by atoms with Crippen LogP contribution in [0.1, 0.15) is 37.3 Å². The van der Waals surface area contributed by atoms with E-state index in [1.807, 2.05) is 73.8 Å². The maximum Gasteiger partial charge on any atom is 0.336 e. The molecule has 0 saturated carbocycles. The number of thiophene rings is 1. The predicted octanol–water partition coefficient (Wildman–Crippen LogP) is 4.86. The Morgan fingerprint density at radius 1 is 1.11 bits per heavy atom. The average molecular weight is 506 g/mol. The van der Waals surface area contributed by atoms with Gasteiger partial charge in [-0.15, -0.1) is 22.7 Å². The van der Waals surface area contributed by atoms with Crippen LogP contribution >= 0.6 is 22.7 Å². The van der Waals surface area contributed by atoms with Gasteiger partial charge in [-0.25, -0.2) is 4.79 Å². The van der Waals surface area contributed by atoms with E-state index in [9.17, 15) is 9.59 Å². The number of fused-ring (bicyclic) bond motifs is 1. The lowest BCUT2D eigenvalue weighted by atomic mass is 9.90. The molecule has 0 amide bonds. The number of carbonyl (C=O) groups is 1. The second kappa shape index (κ2) is 10.5. The van der Waals surface area contributed by atoms with Crippen LogP contribution in [-0.4, -0.2) is 24.3 Å². The molecule has 0 radical (unpaired) electrons. The summed E-state index contributed by atoms with van der Waals surface area (Å²) in [5, 5.41) is 3.76. The minimum Gasteiger partial charge on any atom is -0.496 e. The van der Waals surface area contributed by atoms with E-state index in [0.717, 1.165) is 32.5 Å². The first-order valence-corrected chi connectivity index (χ1v) is 12.9. The van der Waals surface area contributed by atoms with E-state index in [1.165, 1.54) is 11.3 Å². The van der Waals surface area contributed by atoms with Crippen LogP contribution in [0, 0.1) is 0 Å². The number of ether oxygens (including phenoxy) is 2. The van der Waals surface area contributed by atoms with E-state index in [4.69, 9.17) is 9.47 Å². The topological polar surface area (TPSA) is 57.5 Å². The molecule has 0 aliphatic heterocycles. The molecule has 0 fully saturated rings. The third-order valence-electron chi connectivity index (χ3n) is 5.74. The van der Waals surface area contributed by atoms with Crippen molar-refractivity contribution in [1.82, 2.24) is 4.57 Å². The van der Waals surface area contributed by atoms with Crippen LogP contribution in [0.4, 0.5) is 0 Å². The zero-order valence-electron chi connectivity index (χ0n) is 20.2. The van der Waals surface area contributed by atoms with E-state index in [2.05, 4.69) is 6.58 Å². The van der Waals surface area contributed by atoms with E-state index in [-0.39, 0.29) is 12.2 Å². The van der Waals surface area contributed by atoms with Gasteiger partial charge in [0, 0.05) is 10.3 Å². The van der Waals surface area contributed by atoms with Crippen molar-refractivity contribution in [1.29, 1.82) is 0 Å². The zero-order valence-corrected chi connectivity index (χ0v) is 21.8. The molecule has 0 bridgehead atoms. The summed E-state index contributed by atoms with van der Waals surface area (Å²) in [4.78, 5) is 28.1. The molecular formula is C28H27NO4S2. The normalized spacial score (nSPS) is 12.5. The van der Waals surface area contributed by atoms with Gasteiger partial charge in [-0.3, -0.25) is 9.36 Å². The van der Waals surface area contributed by atoms with Crippen LogP contribution in [0.3, 0.4) is 0 Å². The summed E-state index contributed by atoms with van der Waals surface area (Å²) in [5.74, 6) is 0.274. The molecule has 7 heteroatoms. The minimum absolute atomic E-state index is 0.193. The molecule has 4 rings (SSSR count). The Morgan fingerprint density at radius 2 is 1.86 bits per heavy atom. The molecule has 0 aliphatic carbocycles. The number of thiazole rings is 1. The Hall–Kier alpha value is -3.42. The molecule has 5 nitrogen and oxygen atoms in total. The van der Waals surface area contributed by atoms with Gasteiger partial charge in [-0.1, -0.05) is 48.6 Å². The summed E-state index contributed by atoms with van der Waals surface area (Å²) in [7, 11) is 1.63. The molecule has 2 aromatic heterocycles. The third kappa shape index (κ3) is 4.74. The summed E-state index contributed by atoms with van der Waals surface area (Å²) >= 11 is 2.88. The van der Waals surface area contributed by atoms with Crippen LogP contribution < -0.4 is 19.5 Å². The second-order valence-corrected chi connectivity index (χ2v) is 10.2. The largest absolute Gasteiger partial charge is 0.496 e. The summed E-state index contributed by atoms with van der Waals surface area (Å²) in [5.41, 5.74) is 1.81. The van der Waals surface area contributed by atoms with Gasteiger partial charge in [-0.2, -0.15) is 0 Å². The first kappa shape index (κ1) is 24.7. The summed E-state index contributed by atoms with van der Waals surface area (Å²) in [6, 6.07) is 14.8. The lowest BCUT2D eigenvalue weighted by Crippen LogP contribution is -2.37. The van der Waals surface area contributed by atoms with Crippen molar-refractivity contribution in [2.45, 2.75) is 26.8 Å². The molecule has 0 N–H and O–H groups in total. The minimum atomic E-state index is -0.711. The fourth-order valence-corrected chi connectivity index (χ4v) is 5.88. The number of hydrogen-bond acceptors (Lipinski definition) is 6. The van der Waals surface area contributed by atoms with E-state index in [0.29, 0.717) is 14.8 Å². The summed E-state index contributed by atoms with van der Waals surface area (Å²) < 4.78 is 13.8. The lowest BCUT2D eigenvalue weighted by Gasteiger charge is -2.24. The monoisotopic (exact) mass is 505 g/mol. The Bertz CT molecular complexity index is 1570. The average Bonchev–Trinajstić information content (AvgIpc) is 3.44. The second-order valence-electron chi connectivity index (χ2n) is 8.13. The molecule has 0 aliphatic rings. The van der Waals surface area contributed by atoms with Crippen molar-refractivity contribution in [3.8, 4) is 5.75 Å². The number of allylic oxidation sites excluding steroid dienone is 1. The van der Waals surface area contributed by atoms with Gasteiger partial charge in [0.1, 0.15) is 5.75 Å². The molecule has 4 aromatic rings. The van der Waals surface area contributed by atoms with Gasteiger partial charge in [0.2, 0.25) is 0 Å². The quantitative estimate of drug-likeness (QED) is 0.266. The smallest absolute Gasteiger partial charge is 0.336 e. The molecule has 180 valence electrons. The van der Waals surface area contributed by atoms with Crippen LogP contribution in [0.15, 0.2) is 69.9 Å². The molecule has 35 heavy (non-hydrogen) atoms. The Labute approximate surface area is 211 Å². The first-order chi connectivity index (χ1) is 16.9. The molecule has 1 unspecified atom stereocenters. The number of methoxy groups -OCH3 is 1. The predicted molar refractivity (Wildman–Crippen MR) is 145 cm³/mol. The van der Waals surface area contributed by atoms with Crippen molar-refractivity contribution in [2.75, 3.05) is 13.7 Å². The Morgan fingerprint density at radius 3 is 2.49 bits per heavy atom. The number of aromatic nitrogens is 1. The zero-order chi connectivity index (χ0) is 25.1. The molecule has 2 heterocycles. The van der Waals surface area contributed by atoms with Crippen LogP contribution in [0.25, 0.3) is 23.4 Å². The van der Waals surface area contributed by atoms with Gasteiger partial charge >= 0.3 is 5.97 Å². The first-order valence-electron chi connectivity index (χ1n) is 11.2. The van der Waals surface area contributed by atoms with Crippen molar-refractivity contribution in [2.24, 2.45) is 0 Å². The third-order valence-corrected chi connectivity index (χ3v) is 7.50. The summed E-state index contributed by atoms with van der Waals surface area (Å²) in [6.07, 6.45) is 1.87. The molecule has 2 aromatic carbocycles. The highest BCUT2D eigenvalue weighted by Crippen LogP contribution is 2.36. The fourth-order valence-electron chi connectivity index (χ4n) is 4.24. The van der Waals surface area contributed by atoms with Crippen LogP contribution in [-0.2, 0) is 9.53 Å². The highest BCUT2D eigenvalue weighted by molar-refractivity contribution is 7.11. The molecule has 1 atom stereocenters. The maximum atomic E-state index is 13.8. The van der Waals surface area contributed by atoms with Gasteiger partial charge in [-0.05, 0) is 55.3 Å². The van der Waals surface area contributed by atoms with E-state index in [1.54, 1.807) is 29.9 Å². The number of rotatable bonds is 7. The van der Waals surface area contributed by atoms with Gasteiger partial charge in [0.25, 0.3) is 5.56 Å². The Balaban J connectivity index is 2.08. The highest BCUT2D eigenvalue weighted by atomic mass is 32.1. The Kier molecular flexibility index (Phi) is 7.38. The molecule has 0 saturated heterocycles. The van der Waals surface area contributed by atoms with Crippen molar-refractivity contribution >= 4 is 52.1 Å². The number of carbonyl (C=O) groups excluding carboxylic acids is 1. The van der Waals surface area contributed by atoms with Crippen LogP contribution in [0.2, 0.25) is 0 Å². The highest BCUT2D eigenvalue weighted by Gasteiger charge is 2.30. The molecule has 0 spiro atoms. The standard InChI is InChI=1S/C28H27NO4S2/c1-6-33-28(31)25(17(2)3)26(22-13-14-23(32-5)21-12-8-7-11-20(21)22)29-18(4)35-24(27(29)30)16-19-10-9-15-34-19/h7-16,26H,4,6H2,1-3,5H3/b24-16+. The van der Waals surface area contributed by atoms with Gasteiger partial charge in [0.05, 0.1) is 34.5 Å². The van der Waals surface area contributed by atoms with Gasteiger partial charge in [0.15, 0.2) is 0 Å². The lowest BCUT2D eigenvalue weighted by molar-refractivity contribution is -0.139. The number of esters is 1. The van der Waals surface area contributed by atoms with E-state index < -0.39 is 12.0 Å². The fraction of sp³-hybridized carbons (Fsp3) is 0.214. The van der Waals surface area contributed by atoms with Crippen molar-refractivity contribution < 1.29 is 14.3 Å². The van der Waals surface area contributed by atoms with Gasteiger partial charge < -0.3 is 9.47 Å².